The molecular weight excluding hydrogens is 330 g/mol. The molecule has 2 heterocycles. The number of ether oxygens (including phenoxy) is 1. The summed E-state index contributed by atoms with van der Waals surface area (Å²) >= 11 is 9.43. The fourth-order valence-electron chi connectivity index (χ4n) is 2.60. The van der Waals surface area contributed by atoms with Gasteiger partial charge in [0.05, 0.1) is 12.0 Å². The number of halogens is 2. The van der Waals surface area contributed by atoms with E-state index >= 15 is 0 Å². The normalized spacial score (nSPS) is 22.7. The van der Waals surface area contributed by atoms with E-state index in [1.54, 1.807) is 6.20 Å². The largest absolute Gasteiger partial charge is 0.378 e. The van der Waals surface area contributed by atoms with Crippen LogP contribution in [0.5, 0.6) is 0 Å². The Hall–Kier alpha value is -0.650. The molecule has 0 bridgehead atoms. The Labute approximate surface area is 125 Å². The van der Waals surface area contributed by atoms with Crippen molar-refractivity contribution in [1.29, 1.82) is 0 Å². The van der Waals surface area contributed by atoms with Crippen LogP contribution in [0.15, 0.2) is 16.7 Å². The van der Waals surface area contributed by atoms with Crippen molar-refractivity contribution in [1.82, 2.24) is 14.5 Å². The predicted molar refractivity (Wildman–Crippen MR) is 78.5 cm³/mol. The minimum absolute atomic E-state index is 0.367. The number of fused-ring (bicyclic) bond motifs is 1. The summed E-state index contributed by atoms with van der Waals surface area (Å²) in [6.45, 7) is 2.80. The van der Waals surface area contributed by atoms with Crippen LogP contribution in [0.1, 0.15) is 31.6 Å². The number of pyridine rings is 1. The maximum absolute atomic E-state index is 6.01. The minimum atomic E-state index is 0.367. The highest BCUT2D eigenvalue weighted by molar-refractivity contribution is 9.10. The lowest BCUT2D eigenvalue weighted by atomic mass is 9.89. The summed E-state index contributed by atoms with van der Waals surface area (Å²) in [5.41, 5.74) is 1.81. The fourth-order valence-corrected chi connectivity index (χ4v) is 3.11. The monoisotopic (exact) mass is 343 g/mol. The molecule has 3 rings (SSSR count). The quantitative estimate of drug-likeness (QED) is 0.795. The smallest absolute Gasteiger partial charge is 0.160 e. The number of nitrogens with zero attached hydrogens (tertiary/aromatic N) is 3. The Kier molecular flexibility index (Phi) is 3.78. The number of alkyl halides is 1. The van der Waals surface area contributed by atoms with E-state index < -0.39 is 0 Å². The zero-order chi connectivity index (χ0) is 13.4. The van der Waals surface area contributed by atoms with Crippen LogP contribution in [0.4, 0.5) is 0 Å². The van der Waals surface area contributed by atoms with Crippen molar-refractivity contribution >= 4 is 38.7 Å². The molecule has 1 fully saturated rings. The van der Waals surface area contributed by atoms with Crippen LogP contribution in [0.2, 0.25) is 0 Å². The summed E-state index contributed by atoms with van der Waals surface area (Å²) in [4.78, 5) is 9.04. The molecule has 0 aliphatic heterocycles. The molecule has 1 aliphatic rings. The molecular formula is C13H15BrClN3O. The molecule has 6 heteroatoms. The molecule has 2 aromatic rings. The molecule has 102 valence electrons. The Balaban J connectivity index is 1.94. The van der Waals surface area contributed by atoms with Gasteiger partial charge in [-0.25, -0.2) is 9.97 Å². The molecule has 1 saturated carbocycles. The van der Waals surface area contributed by atoms with E-state index in [1.165, 1.54) is 0 Å². The van der Waals surface area contributed by atoms with Gasteiger partial charge in [0.25, 0.3) is 0 Å². The van der Waals surface area contributed by atoms with Gasteiger partial charge >= 0.3 is 0 Å². The van der Waals surface area contributed by atoms with E-state index in [0.29, 0.717) is 18.0 Å². The second-order valence-corrected chi connectivity index (χ2v) is 5.91. The SMILES string of the molecule is CCOC1CC(n2c(CCl)nc3cc(Br)cnc32)C1. The Morgan fingerprint density at radius 3 is 3.00 bits per heavy atom. The fraction of sp³-hybridized carbons (Fsp3) is 0.538. The molecule has 19 heavy (non-hydrogen) atoms. The zero-order valence-electron chi connectivity index (χ0n) is 10.6. The first kappa shape index (κ1) is 13.3. The number of hydrogen-bond acceptors (Lipinski definition) is 3. The lowest BCUT2D eigenvalue weighted by Crippen LogP contribution is -2.34. The van der Waals surface area contributed by atoms with Gasteiger partial charge < -0.3 is 9.30 Å². The van der Waals surface area contributed by atoms with Crippen molar-refractivity contribution in [2.75, 3.05) is 6.61 Å². The Bertz CT molecular complexity index is 595. The third-order valence-corrected chi connectivity index (χ3v) is 4.20. The van der Waals surface area contributed by atoms with Crippen LogP contribution in [0, 0.1) is 0 Å². The average Bonchev–Trinajstić information content (AvgIpc) is 2.70. The number of aromatic nitrogens is 3. The molecule has 0 saturated heterocycles. The molecule has 0 spiro atoms. The van der Waals surface area contributed by atoms with Crippen LogP contribution in [0.25, 0.3) is 11.2 Å². The first-order valence-electron chi connectivity index (χ1n) is 6.42. The summed E-state index contributed by atoms with van der Waals surface area (Å²) in [6, 6.07) is 2.39. The van der Waals surface area contributed by atoms with E-state index in [4.69, 9.17) is 16.3 Å². The first-order chi connectivity index (χ1) is 9.22. The minimum Gasteiger partial charge on any atom is -0.378 e. The van der Waals surface area contributed by atoms with Gasteiger partial charge in [-0.1, -0.05) is 0 Å². The first-order valence-corrected chi connectivity index (χ1v) is 7.75. The van der Waals surface area contributed by atoms with Crippen molar-refractivity contribution in [3.63, 3.8) is 0 Å². The van der Waals surface area contributed by atoms with Crippen molar-refractivity contribution in [3.05, 3.63) is 22.6 Å². The third kappa shape index (κ3) is 2.39. The van der Waals surface area contributed by atoms with Gasteiger partial charge in [-0.2, -0.15) is 0 Å². The Morgan fingerprint density at radius 1 is 1.53 bits per heavy atom. The summed E-state index contributed by atoms with van der Waals surface area (Å²) in [6.07, 6.45) is 4.20. The highest BCUT2D eigenvalue weighted by atomic mass is 79.9. The van der Waals surface area contributed by atoms with Crippen LogP contribution in [-0.2, 0) is 10.6 Å². The van der Waals surface area contributed by atoms with Gasteiger partial charge in [0.15, 0.2) is 5.65 Å². The van der Waals surface area contributed by atoms with Gasteiger partial charge in [0, 0.05) is 23.3 Å². The van der Waals surface area contributed by atoms with Crippen LogP contribution < -0.4 is 0 Å². The van der Waals surface area contributed by atoms with Gasteiger partial charge in [0.1, 0.15) is 11.3 Å². The predicted octanol–water partition coefficient (Wildman–Crippen LogP) is 3.67. The van der Waals surface area contributed by atoms with E-state index in [2.05, 4.69) is 30.5 Å². The summed E-state index contributed by atoms with van der Waals surface area (Å²) in [5, 5.41) is 0. The second-order valence-electron chi connectivity index (χ2n) is 4.73. The summed E-state index contributed by atoms with van der Waals surface area (Å²) in [5.74, 6) is 1.30. The van der Waals surface area contributed by atoms with Crippen molar-refractivity contribution in [2.24, 2.45) is 0 Å². The van der Waals surface area contributed by atoms with Crippen molar-refractivity contribution in [3.8, 4) is 0 Å². The van der Waals surface area contributed by atoms with Gasteiger partial charge in [-0.3, -0.25) is 0 Å². The van der Waals surface area contributed by atoms with E-state index in [9.17, 15) is 0 Å². The number of imidazole rings is 1. The molecule has 1 aliphatic carbocycles. The van der Waals surface area contributed by atoms with E-state index in [1.807, 2.05) is 13.0 Å². The lowest BCUT2D eigenvalue weighted by molar-refractivity contribution is -0.0193. The number of rotatable bonds is 4. The standard InChI is InChI=1S/C13H15BrClN3O/c1-2-19-10-4-9(5-10)18-12(6-15)17-11-3-8(14)7-16-13(11)18/h3,7,9-10H,2,4-6H2,1H3. The summed E-state index contributed by atoms with van der Waals surface area (Å²) < 4.78 is 8.72. The zero-order valence-corrected chi connectivity index (χ0v) is 13.0. The van der Waals surface area contributed by atoms with Crippen LogP contribution >= 0.6 is 27.5 Å². The molecule has 2 aromatic heterocycles. The Morgan fingerprint density at radius 2 is 2.32 bits per heavy atom. The molecule has 0 amide bonds. The maximum atomic E-state index is 6.01. The molecule has 0 unspecified atom stereocenters. The van der Waals surface area contributed by atoms with E-state index in [-0.39, 0.29) is 0 Å². The third-order valence-electron chi connectivity index (χ3n) is 3.53. The topological polar surface area (TPSA) is 39.9 Å². The highest BCUT2D eigenvalue weighted by Gasteiger charge is 2.33. The van der Waals surface area contributed by atoms with Crippen molar-refractivity contribution < 1.29 is 4.74 Å². The van der Waals surface area contributed by atoms with Crippen LogP contribution in [-0.4, -0.2) is 27.2 Å². The molecule has 4 nitrogen and oxygen atoms in total. The number of hydrogen-bond donors (Lipinski definition) is 0. The van der Waals surface area contributed by atoms with Crippen molar-refractivity contribution in [2.45, 2.75) is 37.8 Å². The van der Waals surface area contributed by atoms with Gasteiger partial charge in [-0.05, 0) is 41.8 Å². The molecule has 0 atom stereocenters. The highest BCUT2D eigenvalue weighted by Crippen LogP contribution is 2.37. The van der Waals surface area contributed by atoms with Gasteiger partial charge in [0.2, 0.25) is 0 Å². The average molecular weight is 345 g/mol. The van der Waals surface area contributed by atoms with Crippen LogP contribution in [0.3, 0.4) is 0 Å². The molecule has 0 aromatic carbocycles. The maximum Gasteiger partial charge on any atom is 0.160 e. The summed E-state index contributed by atoms with van der Waals surface area (Å²) in [7, 11) is 0. The molecule has 0 radical (unpaired) electrons. The van der Waals surface area contributed by atoms with Gasteiger partial charge in [-0.15, -0.1) is 11.6 Å². The lowest BCUT2D eigenvalue weighted by Gasteiger charge is -2.36. The molecule has 0 N–H and O–H groups in total. The second kappa shape index (κ2) is 5.38. The van der Waals surface area contributed by atoms with E-state index in [0.717, 1.165) is 40.9 Å².